The number of hydrogen-bond acceptors (Lipinski definition) is 3. The van der Waals surface area contributed by atoms with Gasteiger partial charge in [0.1, 0.15) is 5.75 Å². The highest BCUT2D eigenvalue weighted by atomic mass is 16.3. The minimum Gasteiger partial charge on any atom is -0.508 e. The van der Waals surface area contributed by atoms with E-state index in [-0.39, 0.29) is 17.6 Å². The van der Waals surface area contributed by atoms with Crippen LogP contribution in [-0.2, 0) is 4.79 Å². The lowest BCUT2D eigenvalue weighted by Crippen LogP contribution is -2.44. The molecule has 2 rings (SSSR count). The highest BCUT2D eigenvalue weighted by Crippen LogP contribution is 2.27. The van der Waals surface area contributed by atoms with Gasteiger partial charge in [0.15, 0.2) is 5.78 Å². The van der Waals surface area contributed by atoms with Crippen molar-refractivity contribution in [1.82, 2.24) is 10.6 Å². The molecule has 1 aliphatic heterocycles. The standard InChI is InChI=1S/C13H14N2O3/c1-7-11(8(2)16)12(15-13(18)14-7)9-3-5-10(17)6-4-9/h3-6,12,17H,1-2H3,(H2,14,15,18). The maximum atomic E-state index is 11.7. The molecule has 0 spiro atoms. The van der Waals surface area contributed by atoms with E-state index >= 15 is 0 Å². The average molecular weight is 246 g/mol. The van der Waals surface area contributed by atoms with Crippen molar-refractivity contribution in [3.05, 3.63) is 41.1 Å². The van der Waals surface area contributed by atoms with E-state index in [9.17, 15) is 14.7 Å². The van der Waals surface area contributed by atoms with Crippen LogP contribution < -0.4 is 10.6 Å². The number of nitrogens with one attached hydrogen (secondary N) is 2. The first-order chi connectivity index (χ1) is 8.49. The molecular formula is C13H14N2O3. The number of phenolic OH excluding ortho intramolecular Hbond substituents is 1. The largest absolute Gasteiger partial charge is 0.508 e. The van der Waals surface area contributed by atoms with Crippen molar-refractivity contribution in [3.63, 3.8) is 0 Å². The minimum atomic E-state index is -0.475. The number of Topliss-reactive ketones (excluding diaryl/α,β-unsaturated/α-hetero) is 1. The second-order valence-corrected chi connectivity index (χ2v) is 4.22. The van der Waals surface area contributed by atoms with E-state index in [0.29, 0.717) is 11.3 Å². The molecule has 1 unspecified atom stereocenters. The Balaban J connectivity index is 2.46. The van der Waals surface area contributed by atoms with Crippen LogP contribution in [0, 0.1) is 0 Å². The summed E-state index contributed by atoms with van der Waals surface area (Å²) in [6.07, 6.45) is 0. The SMILES string of the molecule is CC(=O)C1=C(C)NC(=O)NC1c1ccc(O)cc1. The van der Waals surface area contributed by atoms with Gasteiger partial charge in [-0.3, -0.25) is 4.79 Å². The van der Waals surface area contributed by atoms with Crippen LogP contribution in [0.1, 0.15) is 25.5 Å². The van der Waals surface area contributed by atoms with Crippen LogP contribution in [0.25, 0.3) is 0 Å². The molecule has 0 radical (unpaired) electrons. The predicted octanol–water partition coefficient (Wildman–Crippen LogP) is 1.61. The second-order valence-electron chi connectivity index (χ2n) is 4.22. The molecule has 1 aromatic carbocycles. The first-order valence-corrected chi connectivity index (χ1v) is 5.57. The van der Waals surface area contributed by atoms with Crippen molar-refractivity contribution < 1.29 is 14.7 Å². The van der Waals surface area contributed by atoms with Crippen LogP contribution in [0.3, 0.4) is 0 Å². The van der Waals surface area contributed by atoms with Crippen molar-refractivity contribution in [2.45, 2.75) is 19.9 Å². The molecule has 1 atom stereocenters. The van der Waals surface area contributed by atoms with Crippen LogP contribution in [0.5, 0.6) is 5.75 Å². The molecule has 18 heavy (non-hydrogen) atoms. The van der Waals surface area contributed by atoms with Crippen LogP contribution in [0.4, 0.5) is 4.79 Å². The maximum absolute atomic E-state index is 11.7. The number of benzene rings is 1. The van der Waals surface area contributed by atoms with Gasteiger partial charge in [-0.1, -0.05) is 12.1 Å². The molecule has 5 heteroatoms. The molecule has 1 aromatic rings. The Labute approximate surface area is 105 Å². The summed E-state index contributed by atoms with van der Waals surface area (Å²) in [6, 6.07) is 5.60. The molecule has 1 heterocycles. The number of carbonyl (C=O) groups excluding carboxylic acids is 2. The number of carbonyl (C=O) groups is 2. The quantitative estimate of drug-likeness (QED) is 0.741. The van der Waals surface area contributed by atoms with Gasteiger partial charge in [-0.2, -0.15) is 0 Å². The third-order valence-electron chi connectivity index (χ3n) is 2.87. The Morgan fingerprint density at radius 1 is 1.28 bits per heavy atom. The summed E-state index contributed by atoms with van der Waals surface area (Å²) in [6.45, 7) is 3.16. The predicted molar refractivity (Wildman–Crippen MR) is 65.9 cm³/mol. The van der Waals surface area contributed by atoms with E-state index in [4.69, 9.17) is 0 Å². The van der Waals surface area contributed by atoms with Crippen molar-refractivity contribution in [1.29, 1.82) is 0 Å². The summed E-state index contributed by atoms with van der Waals surface area (Å²) in [4.78, 5) is 23.1. The molecule has 0 aliphatic carbocycles. The normalized spacial score (nSPS) is 19.2. The number of ketones is 1. The first kappa shape index (κ1) is 12.2. The average Bonchev–Trinajstić information content (AvgIpc) is 2.28. The number of rotatable bonds is 2. The molecule has 2 amide bonds. The lowest BCUT2D eigenvalue weighted by molar-refractivity contribution is -0.114. The van der Waals surface area contributed by atoms with Gasteiger partial charge in [0, 0.05) is 11.3 Å². The molecule has 3 N–H and O–H groups in total. The third-order valence-corrected chi connectivity index (χ3v) is 2.87. The van der Waals surface area contributed by atoms with Gasteiger partial charge in [-0.15, -0.1) is 0 Å². The van der Waals surface area contributed by atoms with E-state index in [1.165, 1.54) is 19.1 Å². The molecule has 5 nitrogen and oxygen atoms in total. The number of amides is 2. The van der Waals surface area contributed by atoms with Crippen molar-refractivity contribution in [3.8, 4) is 5.75 Å². The zero-order chi connectivity index (χ0) is 13.3. The minimum absolute atomic E-state index is 0.0990. The maximum Gasteiger partial charge on any atom is 0.319 e. The Morgan fingerprint density at radius 2 is 1.89 bits per heavy atom. The zero-order valence-electron chi connectivity index (χ0n) is 10.2. The van der Waals surface area contributed by atoms with Gasteiger partial charge in [0.2, 0.25) is 0 Å². The fraction of sp³-hybridized carbons (Fsp3) is 0.231. The Kier molecular flexibility index (Phi) is 3.06. The summed E-state index contributed by atoms with van der Waals surface area (Å²) in [5, 5.41) is 14.5. The molecule has 0 saturated heterocycles. The van der Waals surface area contributed by atoms with Crippen molar-refractivity contribution in [2.75, 3.05) is 0 Å². The first-order valence-electron chi connectivity index (χ1n) is 5.57. The van der Waals surface area contributed by atoms with Crippen LogP contribution in [0.2, 0.25) is 0 Å². The van der Waals surface area contributed by atoms with Gasteiger partial charge >= 0.3 is 6.03 Å². The number of hydrogen-bond donors (Lipinski definition) is 3. The van der Waals surface area contributed by atoms with E-state index in [0.717, 1.165) is 5.56 Å². The monoisotopic (exact) mass is 246 g/mol. The molecule has 94 valence electrons. The fourth-order valence-corrected chi connectivity index (χ4v) is 2.08. The van der Waals surface area contributed by atoms with Gasteiger partial charge < -0.3 is 15.7 Å². The van der Waals surface area contributed by atoms with Crippen LogP contribution in [-0.4, -0.2) is 16.9 Å². The molecule has 1 aliphatic rings. The van der Waals surface area contributed by atoms with E-state index < -0.39 is 6.04 Å². The molecule has 0 fully saturated rings. The Bertz CT molecular complexity index is 532. The Morgan fingerprint density at radius 3 is 2.44 bits per heavy atom. The third kappa shape index (κ3) is 2.20. The summed E-state index contributed by atoms with van der Waals surface area (Å²) in [7, 11) is 0. The van der Waals surface area contributed by atoms with Gasteiger partial charge in [0.25, 0.3) is 0 Å². The lowest BCUT2D eigenvalue weighted by Gasteiger charge is -2.28. The van der Waals surface area contributed by atoms with E-state index in [1.807, 2.05) is 0 Å². The zero-order valence-corrected chi connectivity index (χ0v) is 10.2. The summed E-state index contributed by atoms with van der Waals surface area (Å²) in [5.74, 6) is 0.0437. The highest BCUT2D eigenvalue weighted by Gasteiger charge is 2.28. The Hall–Kier alpha value is -2.30. The molecular weight excluding hydrogens is 232 g/mol. The van der Waals surface area contributed by atoms with Gasteiger partial charge in [-0.25, -0.2) is 4.79 Å². The smallest absolute Gasteiger partial charge is 0.319 e. The van der Waals surface area contributed by atoms with Gasteiger partial charge in [-0.05, 0) is 31.5 Å². The van der Waals surface area contributed by atoms with Crippen LogP contribution >= 0.6 is 0 Å². The van der Waals surface area contributed by atoms with Gasteiger partial charge in [0.05, 0.1) is 6.04 Å². The lowest BCUT2D eigenvalue weighted by atomic mass is 9.93. The highest BCUT2D eigenvalue weighted by molar-refractivity contribution is 5.98. The summed E-state index contributed by atoms with van der Waals surface area (Å²) < 4.78 is 0. The number of phenols is 1. The number of allylic oxidation sites excluding steroid dienone is 1. The molecule has 0 saturated carbocycles. The molecule has 0 aromatic heterocycles. The van der Waals surface area contributed by atoms with E-state index in [2.05, 4.69) is 10.6 Å². The summed E-state index contributed by atoms with van der Waals surface area (Å²) in [5.41, 5.74) is 1.84. The van der Waals surface area contributed by atoms with Crippen LogP contribution in [0.15, 0.2) is 35.5 Å². The van der Waals surface area contributed by atoms with Crippen molar-refractivity contribution in [2.24, 2.45) is 0 Å². The number of urea groups is 1. The molecule has 0 bridgehead atoms. The summed E-state index contributed by atoms with van der Waals surface area (Å²) >= 11 is 0. The van der Waals surface area contributed by atoms with E-state index in [1.54, 1.807) is 19.1 Å². The second kappa shape index (κ2) is 4.52. The fourth-order valence-electron chi connectivity index (χ4n) is 2.08. The topological polar surface area (TPSA) is 78.4 Å². The number of aromatic hydroxyl groups is 1. The van der Waals surface area contributed by atoms with Crippen molar-refractivity contribution >= 4 is 11.8 Å².